The maximum absolute atomic E-state index is 4.43. The largest absolute Gasteiger partial charge is 0.269 e. The van der Waals surface area contributed by atoms with Gasteiger partial charge in [-0.1, -0.05) is 0 Å². The summed E-state index contributed by atoms with van der Waals surface area (Å²) in [6, 6.07) is 0.645. The number of hydrogen-bond acceptors (Lipinski definition) is 3. The van der Waals surface area contributed by atoms with Crippen LogP contribution in [-0.2, 0) is 0 Å². The molecule has 2 aromatic rings. The lowest BCUT2D eigenvalue weighted by atomic mass is 9.93. The van der Waals surface area contributed by atoms with Gasteiger partial charge >= 0.3 is 0 Å². The zero-order valence-corrected chi connectivity index (χ0v) is 9.50. The zero-order chi connectivity index (χ0) is 10.3. The molecule has 0 amide bonds. The molecule has 0 aromatic carbocycles. The van der Waals surface area contributed by atoms with E-state index < -0.39 is 0 Å². The van der Waals surface area contributed by atoms with Gasteiger partial charge in [0.1, 0.15) is 0 Å². The highest BCUT2D eigenvalue weighted by Crippen LogP contribution is 2.33. The normalized spacial score (nSPS) is 16.6. The van der Waals surface area contributed by atoms with Crippen molar-refractivity contribution in [1.82, 2.24) is 14.8 Å². The van der Waals surface area contributed by atoms with E-state index in [1.165, 1.54) is 29.7 Å². The summed E-state index contributed by atoms with van der Waals surface area (Å²) in [5.41, 5.74) is 4.21. The lowest BCUT2D eigenvalue weighted by molar-refractivity contribution is 0.289. The predicted molar refractivity (Wildman–Crippen MR) is 61.0 cm³/mol. The summed E-state index contributed by atoms with van der Waals surface area (Å²) in [5.74, 6) is 0. The van der Waals surface area contributed by atoms with E-state index in [0.29, 0.717) is 6.04 Å². The second kappa shape index (κ2) is 3.45. The third kappa shape index (κ3) is 1.49. The Morgan fingerprint density at radius 2 is 2.33 bits per heavy atom. The van der Waals surface area contributed by atoms with E-state index in [2.05, 4.69) is 21.0 Å². The van der Waals surface area contributed by atoms with Crippen molar-refractivity contribution in [1.29, 1.82) is 0 Å². The van der Waals surface area contributed by atoms with Gasteiger partial charge in [0, 0.05) is 11.8 Å². The smallest absolute Gasteiger partial charge is 0.0801 e. The first-order valence-corrected chi connectivity index (χ1v) is 6.17. The summed E-state index contributed by atoms with van der Waals surface area (Å²) in [6.45, 7) is 2.05. The molecule has 1 aliphatic carbocycles. The Balaban J connectivity index is 1.93. The Morgan fingerprint density at radius 1 is 1.47 bits per heavy atom. The van der Waals surface area contributed by atoms with Crippen LogP contribution in [0.3, 0.4) is 0 Å². The molecule has 0 aliphatic heterocycles. The minimum Gasteiger partial charge on any atom is -0.269 e. The summed E-state index contributed by atoms with van der Waals surface area (Å²) in [4.78, 5) is 5.51. The van der Waals surface area contributed by atoms with E-state index in [-0.39, 0.29) is 0 Å². The van der Waals surface area contributed by atoms with Gasteiger partial charge in [-0.3, -0.25) is 4.68 Å². The van der Waals surface area contributed by atoms with Crippen molar-refractivity contribution >= 4 is 11.3 Å². The van der Waals surface area contributed by atoms with Crippen molar-refractivity contribution in [3.63, 3.8) is 0 Å². The van der Waals surface area contributed by atoms with Gasteiger partial charge in [0.05, 0.1) is 28.3 Å². The quantitative estimate of drug-likeness (QED) is 0.777. The summed E-state index contributed by atoms with van der Waals surface area (Å²) < 4.78 is 2.11. The van der Waals surface area contributed by atoms with Crippen LogP contribution < -0.4 is 0 Å². The second-order valence-corrected chi connectivity index (χ2v) is 4.92. The lowest BCUT2D eigenvalue weighted by Crippen LogP contribution is -2.16. The maximum Gasteiger partial charge on any atom is 0.0801 e. The third-order valence-electron chi connectivity index (χ3n) is 3.06. The van der Waals surface area contributed by atoms with Gasteiger partial charge in [-0.15, -0.1) is 11.3 Å². The molecule has 3 rings (SSSR count). The van der Waals surface area contributed by atoms with Crippen LogP contribution in [0.4, 0.5) is 0 Å². The van der Waals surface area contributed by atoms with Crippen LogP contribution in [0, 0.1) is 6.92 Å². The van der Waals surface area contributed by atoms with Gasteiger partial charge in [-0.2, -0.15) is 5.10 Å². The van der Waals surface area contributed by atoms with Crippen LogP contribution in [0.2, 0.25) is 0 Å². The molecule has 0 spiro atoms. The highest BCUT2D eigenvalue weighted by molar-refractivity contribution is 7.13. The molecule has 0 atom stereocenters. The number of thiazole rings is 1. The molecule has 2 heterocycles. The van der Waals surface area contributed by atoms with Gasteiger partial charge in [0.15, 0.2) is 0 Å². The Labute approximate surface area is 92.8 Å². The first-order chi connectivity index (χ1) is 7.34. The van der Waals surface area contributed by atoms with Crippen molar-refractivity contribution in [2.45, 2.75) is 32.2 Å². The fraction of sp³-hybridized carbons (Fsp3) is 0.455. The molecule has 2 aromatic heterocycles. The molecule has 0 bridgehead atoms. The van der Waals surface area contributed by atoms with E-state index in [4.69, 9.17) is 0 Å². The standard InChI is InChI=1S/C11H13N3S/c1-8-11(15-7-12-8)9-5-13-14(6-9)10-3-2-4-10/h5-7,10H,2-4H2,1H3. The highest BCUT2D eigenvalue weighted by Gasteiger charge is 2.20. The van der Waals surface area contributed by atoms with Gasteiger partial charge in [-0.25, -0.2) is 4.98 Å². The van der Waals surface area contributed by atoms with Crippen LogP contribution in [0.25, 0.3) is 10.4 Å². The molecule has 1 fully saturated rings. The van der Waals surface area contributed by atoms with Crippen molar-refractivity contribution in [2.24, 2.45) is 0 Å². The molecule has 15 heavy (non-hydrogen) atoms. The SMILES string of the molecule is Cc1ncsc1-c1cnn(C2CCC2)c1. The first-order valence-electron chi connectivity index (χ1n) is 5.29. The van der Waals surface area contributed by atoms with Gasteiger partial charge in [0.25, 0.3) is 0 Å². The molecular formula is C11H13N3S. The fourth-order valence-corrected chi connectivity index (χ4v) is 2.67. The molecule has 0 saturated heterocycles. The average Bonchev–Trinajstić information content (AvgIpc) is 2.70. The van der Waals surface area contributed by atoms with Crippen LogP contribution >= 0.6 is 11.3 Å². The summed E-state index contributed by atoms with van der Waals surface area (Å²) >= 11 is 1.69. The Morgan fingerprint density at radius 3 is 2.93 bits per heavy atom. The molecule has 0 N–H and O–H groups in total. The Hall–Kier alpha value is -1.16. The minimum atomic E-state index is 0.645. The Kier molecular flexibility index (Phi) is 2.09. The summed E-state index contributed by atoms with van der Waals surface area (Å²) in [6.07, 6.45) is 8.02. The number of nitrogens with zero attached hydrogens (tertiary/aromatic N) is 3. The average molecular weight is 219 g/mol. The van der Waals surface area contributed by atoms with E-state index in [1.54, 1.807) is 11.3 Å². The maximum atomic E-state index is 4.43. The summed E-state index contributed by atoms with van der Waals surface area (Å²) in [7, 11) is 0. The van der Waals surface area contributed by atoms with Crippen molar-refractivity contribution in [3.8, 4) is 10.4 Å². The molecule has 1 aliphatic rings. The fourth-order valence-electron chi connectivity index (χ4n) is 1.89. The first kappa shape index (κ1) is 9.09. The zero-order valence-electron chi connectivity index (χ0n) is 8.68. The van der Waals surface area contributed by atoms with Crippen molar-refractivity contribution in [2.75, 3.05) is 0 Å². The third-order valence-corrected chi connectivity index (χ3v) is 4.04. The topological polar surface area (TPSA) is 30.7 Å². The monoisotopic (exact) mass is 219 g/mol. The van der Waals surface area contributed by atoms with E-state index in [9.17, 15) is 0 Å². The molecular weight excluding hydrogens is 206 g/mol. The van der Waals surface area contributed by atoms with Crippen LogP contribution in [0.15, 0.2) is 17.9 Å². The molecule has 78 valence electrons. The molecule has 0 radical (unpaired) electrons. The van der Waals surface area contributed by atoms with Crippen molar-refractivity contribution < 1.29 is 0 Å². The summed E-state index contributed by atoms with van der Waals surface area (Å²) in [5, 5.41) is 4.43. The second-order valence-electron chi connectivity index (χ2n) is 4.06. The number of aryl methyl sites for hydroxylation is 1. The van der Waals surface area contributed by atoms with Crippen LogP contribution in [-0.4, -0.2) is 14.8 Å². The van der Waals surface area contributed by atoms with Gasteiger partial charge in [0.2, 0.25) is 0 Å². The van der Waals surface area contributed by atoms with Gasteiger partial charge < -0.3 is 0 Å². The van der Waals surface area contributed by atoms with Gasteiger partial charge in [-0.05, 0) is 26.2 Å². The Bertz CT molecular complexity index is 468. The molecule has 0 unspecified atom stereocenters. The molecule has 1 saturated carbocycles. The molecule has 4 heteroatoms. The van der Waals surface area contributed by atoms with E-state index in [1.807, 2.05) is 18.6 Å². The highest BCUT2D eigenvalue weighted by atomic mass is 32.1. The van der Waals surface area contributed by atoms with E-state index >= 15 is 0 Å². The van der Waals surface area contributed by atoms with Crippen LogP contribution in [0.5, 0.6) is 0 Å². The van der Waals surface area contributed by atoms with Crippen molar-refractivity contribution in [3.05, 3.63) is 23.6 Å². The number of aromatic nitrogens is 3. The van der Waals surface area contributed by atoms with E-state index in [0.717, 1.165) is 5.69 Å². The lowest BCUT2D eigenvalue weighted by Gasteiger charge is -2.25. The molecule has 3 nitrogen and oxygen atoms in total. The minimum absolute atomic E-state index is 0.645. The van der Waals surface area contributed by atoms with Crippen LogP contribution in [0.1, 0.15) is 31.0 Å². The predicted octanol–water partition coefficient (Wildman–Crippen LogP) is 3.04. The number of rotatable bonds is 2. The number of hydrogen-bond donors (Lipinski definition) is 0.